The topological polar surface area (TPSA) is 74.5 Å². The van der Waals surface area contributed by atoms with Crippen molar-refractivity contribution in [3.63, 3.8) is 0 Å². The second-order valence-corrected chi connectivity index (χ2v) is 6.42. The Balaban J connectivity index is 2.19. The van der Waals surface area contributed by atoms with Crippen LogP contribution in [-0.4, -0.2) is 28.2 Å². The van der Waals surface area contributed by atoms with Crippen LogP contribution in [0.5, 0.6) is 0 Å². The van der Waals surface area contributed by atoms with Crippen LogP contribution < -0.4 is 5.46 Å². The Labute approximate surface area is 128 Å². The minimum Gasteiger partial charge on any atom is -0.399 e. The highest BCUT2D eigenvalue weighted by Gasteiger charge is 2.52. The molecule has 0 aliphatic carbocycles. The first-order chi connectivity index (χ1) is 10.2. The smallest absolute Gasteiger partial charge is 0.399 e. The van der Waals surface area contributed by atoms with Gasteiger partial charge in [-0.3, -0.25) is 15.1 Å². The van der Waals surface area contributed by atoms with Crippen molar-refractivity contribution in [2.24, 2.45) is 0 Å². The van der Waals surface area contributed by atoms with Gasteiger partial charge < -0.3 is 9.31 Å². The van der Waals surface area contributed by atoms with Crippen molar-refractivity contribution in [2.75, 3.05) is 0 Å². The van der Waals surface area contributed by atoms with E-state index >= 15 is 0 Å². The number of aromatic nitrogens is 1. The zero-order chi connectivity index (χ0) is 16.1. The standard InChI is InChI=1S/C15H17BN2O4/c1-14(2)15(3,4)22-16(21-14)10-6-5-7-11-13(10)12(18(19)20)8-9-17-11/h5-9H,1-4H3. The van der Waals surface area contributed by atoms with Crippen LogP contribution >= 0.6 is 0 Å². The summed E-state index contributed by atoms with van der Waals surface area (Å²) in [6, 6.07) is 6.74. The minimum atomic E-state index is -0.656. The molecule has 2 heterocycles. The molecule has 0 bridgehead atoms. The number of fused-ring (bicyclic) bond motifs is 1. The van der Waals surface area contributed by atoms with Crippen molar-refractivity contribution in [3.05, 3.63) is 40.6 Å². The van der Waals surface area contributed by atoms with Crippen LogP contribution in [0.1, 0.15) is 27.7 Å². The molecular formula is C15H17BN2O4. The van der Waals surface area contributed by atoms with Crippen molar-refractivity contribution in [3.8, 4) is 0 Å². The Kier molecular flexibility index (Phi) is 3.23. The maximum Gasteiger partial charge on any atom is 0.495 e. The fraction of sp³-hybridized carbons (Fsp3) is 0.400. The predicted molar refractivity (Wildman–Crippen MR) is 84.1 cm³/mol. The monoisotopic (exact) mass is 300 g/mol. The van der Waals surface area contributed by atoms with Gasteiger partial charge in [0.15, 0.2) is 0 Å². The quantitative estimate of drug-likeness (QED) is 0.484. The molecule has 3 rings (SSSR count). The Morgan fingerprint density at radius 1 is 1.14 bits per heavy atom. The maximum atomic E-state index is 11.3. The molecule has 0 atom stereocenters. The van der Waals surface area contributed by atoms with Crippen molar-refractivity contribution >= 4 is 29.2 Å². The van der Waals surface area contributed by atoms with Crippen LogP contribution in [-0.2, 0) is 9.31 Å². The van der Waals surface area contributed by atoms with Gasteiger partial charge in [0.2, 0.25) is 0 Å². The van der Waals surface area contributed by atoms with Gasteiger partial charge in [-0.25, -0.2) is 0 Å². The number of benzene rings is 1. The van der Waals surface area contributed by atoms with Crippen LogP contribution in [0.4, 0.5) is 5.69 Å². The summed E-state index contributed by atoms with van der Waals surface area (Å²) in [6.07, 6.45) is 1.44. The molecule has 114 valence electrons. The largest absolute Gasteiger partial charge is 0.495 e. The fourth-order valence-corrected chi connectivity index (χ4v) is 2.53. The lowest BCUT2D eigenvalue weighted by molar-refractivity contribution is -0.383. The summed E-state index contributed by atoms with van der Waals surface area (Å²) >= 11 is 0. The first-order valence-corrected chi connectivity index (χ1v) is 7.10. The summed E-state index contributed by atoms with van der Waals surface area (Å²) in [7, 11) is -0.656. The SMILES string of the molecule is CC1(C)OB(c2cccc3nccc([N+](=O)[O-])c23)OC1(C)C. The van der Waals surface area contributed by atoms with E-state index in [1.54, 1.807) is 18.2 Å². The second-order valence-electron chi connectivity index (χ2n) is 6.42. The molecule has 0 spiro atoms. The Morgan fingerprint density at radius 3 is 2.36 bits per heavy atom. The van der Waals surface area contributed by atoms with Gasteiger partial charge in [-0.15, -0.1) is 0 Å². The Hall–Kier alpha value is -1.99. The molecule has 0 saturated carbocycles. The van der Waals surface area contributed by atoms with E-state index in [-0.39, 0.29) is 5.69 Å². The lowest BCUT2D eigenvalue weighted by Gasteiger charge is -2.32. The average molecular weight is 300 g/mol. The van der Waals surface area contributed by atoms with E-state index in [4.69, 9.17) is 9.31 Å². The van der Waals surface area contributed by atoms with E-state index in [2.05, 4.69) is 4.98 Å². The molecule has 1 aromatic heterocycles. The van der Waals surface area contributed by atoms with E-state index < -0.39 is 23.2 Å². The third-order valence-electron chi connectivity index (χ3n) is 4.48. The molecule has 0 radical (unpaired) electrons. The van der Waals surface area contributed by atoms with Crippen molar-refractivity contribution < 1.29 is 14.2 Å². The molecule has 1 aliphatic heterocycles. The molecule has 0 N–H and O–H groups in total. The third-order valence-corrected chi connectivity index (χ3v) is 4.48. The summed E-state index contributed by atoms with van der Waals surface area (Å²) in [5.41, 5.74) is 0.195. The normalized spacial score (nSPS) is 19.5. The molecule has 1 fully saturated rings. The Bertz CT molecular complexity index is 739. The lowest BCUT2D eigenvalue weighted by Crippen LogP contribution is -2.41. The van der Waals surface area contributed by atoms with E-state index in [1.165, 1.54) is 12.3 Å². The zero-order valence-electron chi connectivity index (χ0n) is 13.0. The summed E-state index contributed by atoms with van der Waals surface area (Å²) < 4.78 is 12.0. The zero-order valence-corrected chi connectivity index (χ0v) is 13.0. The maximum absolute atomic E-state index is 11.3. The number of nitrogens with zero attached hydrogens (tertiary/aromatic N) is 2. The van der Waals surface area contributed by atoms with Gasteiger partial charge in [0.1, 0.15) is 0 Å². The number of pyridine rings is 1. The van der Waals surface area contributed by atoms with E-state index in [0.717, 1.165) is 0 Å². The molecule has 6 nitrogen and oxygen atoms in total. The predicted octanol–water partition coefficient (Wildman–Crippen LogP) is 2.44. The molecule has 1 aromatic carbocycles. The fourth-order valence-electron chi connectivity index (χ4n) is 2.53. The molecule has 0 amide bonds. The summed E-state index contributed by atoms with van der Waals surface area (Å²) in [5, 5.41) is 11.8. The van der Waals surface area contributed by atoms with Crippen molar-refractivity contribution in [1.29, 1.82) is 0 Å². The number of rotatable bonds is 2. The molecule has 0 unspecified atom stereocenters. The summed E-state index contributed by atoms with van der Waals surface area (Å²) in [4.78, 5) is 15.1. The minimum absolute atomic E-state index is 0.00955. The first-order valence-electron chi connectivity index (χ1n) is 7.10. The number of hydrogen-bond donors (Lipinski definition) is 0. The van der Waals surface area contributed by atoms with Gasteiger partial charge in [0, 0.05) is 12.3 Å². The second kappa shape index (κ2) is 4.76. The van der Waals surface area contributed by atoms with Crippen LogP contribution in [0.2, 0.25) is 0 Å². The summed E-state index contributed by atoms with van der Waals surface area (Å²) in [5.74, 6) is 0. The molecule has 7 heteroatoms. The van der Waals surface area contributed by atoms with Gasteiger partial charge in [-0.05, 0) is 39.2 Å². The van der Waals surface area contributed by atoms with Gasteiger partial charge in [0.05, 0.1) is 27.0 Å². The molecular weight excluding hydrogens is 283 g/mol. The average Bonchev–Trinajstić information content (AvgIpc) is 2.66. The van der Waals surface area contributed by atoms with Crippen LogP contribution in [0.25, 0.3) is 10.9 Å². The number of nitro groups is 1. The van der Waals surface area contributed by atoms with Crippen LogP contribution in [0.15, 0.2) is 30.5 Å². The third kappa shape index (κ3) is 2.17. The van der Waals surface area contributed by atoms with Gasteiger partial charge >= 0.3 is 7.12 Å². The molecule has 1 saturated heterocycles. The van der Waals surface area contributed by atoms with Gasteiger partial charge in [-0.2, -0.15) is 0 Å². The highest BCUT2D eigenvalue weighted by atomic mass is 16.7. The van der Waals surface area contributed by atoms with E-state index in [1.807, 2.05) is 27.7 Å². The Morgan fingerprint density at radius 2 is 1.77 bits per heavy atom. The highest BCUT2D eigenvalue weighted by Crippen LogP contribution is 2.37. The van der Waals surface area contributed by atoms with Crippen molar-refractivity contribution in [1.82, 2.24) is 4.98 Å². The first kappa shape index (κ1) is 14.9. The van der Waals surface area contributed by atoms with E-state index in [0.29, 0.717) is 16.4 Å². The van der Waals surface area contributed by atoms with Crippen LogP contribution in [0, 0.1) is 10.1 Å². The van der Waals surface area contributed by atoms with Gasteiger partial charge in [0.25, 0.3) is 5.69 Å². The summed E-state index contributed by atoms with van der Waals surface area (Å²) in [6.45, 7) is 7.80. The number of hydrogen-bond acceptors (Lipinski definition) is 5. The molecule has 2 aromatic rings. The lowest BCUT2D eigenvalue weighted by atomic mass is 9.76. The van der Waals surface area contributed by atoms with Crippen molar-refractivity contribution in [2.45, 2.75) is 38.9 Å². The van der Waals surface area contributed by atoms with Crippen LogP contribution in [0.3, 0.4) is 0 Å². The molecule has 1 aliphatic rings. The molecule has 22 heavy (non-hydrogen) atoms. The highest BCUT2D eigenvalue weighted by molar-refractivity contribution is 6.65. The van der Waals surface area contributed by atoms with E-state index in [9.17, 15) is 10.1 Å². The van der Waals surface area contributed by atoms with Gasteiger partial charge in [-0.1, -0.05) is 12.1 Å².